The summed E-state index contributed by atoms with van der Waals surface area (Å²) in [5.74, 6) is 1.68. The van der Waals surface area contributed by atoms with Crippen molar-refractivity contribution in [3.8, 4) is 11.6 Å². The van der Waals surface area contributed by atoms with Crippen molar-refractivity contribution in [1.82, 2.24) is 9.78 Å². The standard InChI is InChI=1S/C16H20N2O2/c1-5-11(2)13-8-6-7-9-15(13)20-16-14(10-19)12(3)17-18(16)4/h6-11H,5H2,1-4H3. The molecule has 0 N–H and O–H groups in total. The zero-order chi connectivity index (χ0) is 14.7. The van der Waals surface area contributed by atoms with Crippen LogP contribution in [-0.4, -0.2) is 16.1 Å². The molecule has 4 heteroatoms. The first-order valence-corrected chi connectivity index (χ1v) is 6.84. The molecule has 0 aliphatic carbocycles. The van der Waals surface area contributed by atoms with Gasteiger partial charge in [0, 0.05) is 7.05 Å². The largest absolute Gasteiger partial charge is 0.438 e. The normalized spacial score (nSPS) is 12.2. The molecule has 0 saturated carbocycles. The van der Waals surface area contributed by atoms with E-state index in [4.69, 9.17) is 4.74 Å². The number of aryl methyl sites for hydroxylation is 2. The molecule has 0 spiro atoms. The van der Waals surface area contributed by atoms with Gasteiger partial charge in [0.1, 0.15) is 5.75 Å². The van der Waals surface area contributed by atoms with Crippen LogP contribution in [0.3, 0.4) is 0 Å². The van der Waals surface area contributed by atoms with Crippen LogP contribution in [0.5, 0.6) is 11.6 Å². The number of aldehydes is 1. The van der Waals surface area contributed by atoms with Crippen LogP contribution in [0.25, 0.3) is 0 Å². The lowest BCUT2D eigenvalue weighted by Gasteiger charge is -2.15. The first-order valence-electron chi connectivity index (χ1n) is 6.84. The summed E-state index contributed by atoms with van der Waals surface area (Å²) in [6, 6.07) is 7.93. The van der Waals surface area contributed by atoms with Gasteiger partial charge >= 0.3 is 0 Å². The van der Waals surface area contributed by atoms with Crippen LogP contribution in [0, 0.1) is 6.92 Å². The molecule has 2 rings (SSSR count). The van der Waals surface area contributed by atoms with Crippen molar-refractivity contribution < 1.29 is 9.53 Å². The van der Waals surface area contributed by atoms with Crippen molar-refractivity contribution >= 4 is 6.29 Å². The summed E-state index contributed by atoms with van der Waals surface area (Å²) in [7, 11) is 1.78. The third-order valence-electron chi connectivity index (χ3n) is 3.60. The van der Waals surface area contributed by atoms with E-state index in [1.165, 1.54) is 0 Å². The second-order valence-electron chi connectivity index (χ2n) is 4.99. The number of benzene rings is 1. The zero-order valence-electron chi connectivity index (χ0n) is 12.4. The van der Waals surface area contributed by atoms with Gasteiger partial charge in [-0.1, -0.05) is 32.0 Å². The van der Waals surface area contributed by atoms with E-state index in [2.05, 4.69) is 25.0 Å². The summed E-state index contributed by atoms with van der Waals surface area (Å²) in [5.41, 5.74) is 2.33. The number of ether oxygens (including phenoxy) is 1. The maximum atomic E-state index is 11.2. The molecule has 1 atom stereocenters. The Hall–Kier alpha value is -2.10. The molecule has 1 aromatic carbocycles. The molecule has 0 fully saturated rings. The minimum Gasteiger partial charge on any atom is -0.438 e. The van der Waals surface area contributed by atoms with Crippen LogP contribution in [-0.2, 0) is 7.05 Å². The molecule has 0 radical (unpaired) electrons. The molecule has 1 unspecified atom stereocenters. The van der Waals surface area contributed by atoms with E-state index in [9.17, 15) is 4.79 Å². The summed E-state index contributed by atoms with van der Waals surface area (Å²) in [6.45, 7) is 6.11. The Balaban J connectivity index is 2.43. The third-order valence-corrected chi connectivity index (χ3v) is 3.60. The van der Waals surface area contributed by atoms with Crippen LogP contribution in [0.15, 0.2) is 24.3 Å². The van der Waals surface area contributed by atoms with Crippen molar-refractivity contribution in [1.29, 1.82) is 0 Å². The summed E-state index contributed by atoms with van der Waals surface area (Å²) >= 11 is 0. The van der Waals surface area contributed by atoms with Crippen molar-refractivity contribution in [2.75, 3.05) is 0 Å². The van der Waals surface area contributed by atoms with Gasteiger partial charge < -0.3 is 4.74 Å². The van der Waals surface area contributed by atoms with Crippen LogP contribution in [0.2, 0.25) is 0 Å². The summed E-state index contributed by atoms with van der Waals surface area (Å²) in [6.07, 6.45) is 1.83. The van der Waals surface area contributed by atoms with E-state index >= 15 is 0 Å². The molecule has 0 aliphatic heterocycles. The Kier molecular flexibility index (Phi) is 4.23. The molecule has 20 heavy (non-hydrogen) atoms. The zero-order valence-corrected chi connectivity index (χ0v) is 12.4. The highest BCUT2D eigenvalue weighted by Gasteiger charge is 2.17. The fourth-order valence-electron chi connectivity index (χ4n) is 2.21. The quantitative estimate of drug-likeness (QED) is 0.777. The lowest BCUT2D eigenvalue weighted by molar-refractivity contribution is 0.112. The fourth-order valence-corrected chi connectivity index (χ4v) is 2.21. The first kappa shape index (κ1) is 14.3. The minimum absolute atomic E-state index is 0.403. The third kappa shape index (κ3) is 2.59. The molecule has 106 valence electrons. The van der Waals surface area contributed by atoms with Crippen molar-refractivity contribution in [2.24, 2.45) is 7.05 Å². The van der Waals surface area contributed by atoms with Gasteiger partial charge in [0.05, 0.1) is 11.3 Å². The van der Waals surface area contributed by atoms with Crippen LogP contribution >= 0.6 is 0 Å². The molecule has 0 bridgehead atoms. The van der Waals surface area contributed by atoms with Crippen molar-refractivity contribution in [3.05, 3.63) is 41.1 Å². The number of para-hydroxylation sites is 1. The molecule has 1 heterocycles. The molecule has 0 aliphatic rings. The molecule has 0 saturated heterocycles. The molecular formula is C16H20N2O2. The van der Waals surface area contributed by atoms with Crippen molar-refractivity contribution in [2.45, 2.75) is 33.1 Å². The van der Waals surface area contributed by atoms with E-state index in [-0.39, 0.29) is 0 Å². The average Bonchev–Trinajstić information content (AvgIpc) is 2.72. The van der Waals surface area contributed by atoms with Gasteiger partial charge in [-0.05, 0) is 30.9 Å². The number of carbonyl (C=O) groups excluding carboxylic acids is 1. The number of rotatable bonds is 5. The van der Waals surface area contributed by atoms with E-state index < -0.39 is 0 Å². The lowest BCUT2D eigenvalue weighted by Crippen LogP contribution is -2.00. The second-order valence-corrected chi connectivity index (χ2v) is 4.99. The smallest absolute Gasteiger partial charge is 0.228 e. The van der Waals surface area contributed by atoms with Gasteiger partial charge in [-0.2, -0.15) is 5.10 Å². The average molecular weight is 272 g/mol. The lowest BCUT2D eigenvalue weighted by atomic mass is 9.98. The minimum atomic E-state index is 0.403. The Bertz CT molecular complexity index is 617. The van der Waals surface area contributed by atoms with Crippen LogP contribution in [0.4, 0.5) is 0 Å². The predicted molar refractivity (Wildman–Crippen MR) is 78.6 cm³/mol. The Morgan fingerprint density at radius 1 is 1.40 bits per heavy atom. The monoisotopic (exact) mass is 272 g/mol. The molecular weight excluding hydrogens is 252 g/mol. The molecule has 0 amide bonds. The van der Waals surface area contributed by atoms with E-state index in [0.717, 1.165) is 24.0 Å². The van der Waals surface area contributed by atoms with E-state index in [1.54, 1.807) is 18.7 Å². The summed E-state index contributed by atoms with van der Waals surface area (Å²) in [5, 5.41) is 4.23. The SMILES string of the molecule is CCC(C)c1ccccc1Oc1c(C=O)c(C)nn1C. The van der Waals surface area contributed by atoms with Gasteiger partial charge in [0.15, 0.2) is 6.29 Å². The van der Waals surface area contributed by atoms with Crippen LogP contribution in [0.1, 0.15) is 47.8 Å². The van der Waals surface area contributed by atoms with Gasteiger partial charge in [0.2, 0.25) is 5.88 Å². The highest BCUT2D eigenvalue weighted by Crippen LogP contribution is 2.33. The molecule has 1 aromatic heterocycles. The number of hydrogen-bond acceptors (Lipinski definition) is 3. The van der Waals surface area contributed by atoms with Crippen molar-refractivity contribution in [3.63, 3.8) is 0 Å². The number of hydrogen-bond donors (Lipinski definition) is 0. The predicted octanol–water partition coefficient (Wildman–Crippen LogP) is 3.85. The maximum absolute atomic E-state index is 11.2. The summed E-state index contributed by atoms with van der Waals surface area (Å²) < 4.78 is 7.58. The topological polar surface area (TPSA) is 44.1 Å². The molecule has 4 nitrogen and oxygen atoms in total. The Morgan fingerprint density at radius 3 is 2.75 bits per heavy atom. The van der Waals surface area contributed by atoms with Gasteiger partial charge in [-0.25, -0.2) is 4.68 Å². The van der Waals surface area contributed by atoms with Gasteiger partial charge in [-0.3, -0.25) is 4.79 Å². The summed E-state index contributed by atoms with van der Waals surface area (Å²) in [4.78, 5) is 11.2. The number of aromatic nitrogens is 2. The number of nitrogens with zero attached hydrogens (tertiary/aromatic N) is 2. The Labute approximate surface area is 119 Å². The second kappa shape index (κ2) is 5.90. The first-order chi connectivity index (χ1) is 9.58. The van der Waals surface area contributed by atoms with E-state index in [1.807, 2.05) is 18.2 Å². The highest BCUT2D eigenvalue weighted by molar-refractivity contribution is 5.80. The fraction of sp³-hybridized carbons (Fsp3) is 0.375. The van der Waals surface area contributed by atoms with Gasteiger partial charge in [-0.15, -0.1) is 0 Å². The van der Waals surface area contributed by atoms with E-state index in [0.29, 0.717) is 23.1 Å². The van der Waals surface area contributed by atoms with Crippen LogP contribution < -0.4 is 4.74 Å². The maximum Gasteiger partial charge on any atom is 0.228 e. The molecule has 2 aromatic rings. The number of carbonyl (C=O) groups is 1. The highest BCUT2D eigenvalue weighted by atomic mass is 16.5. The Morgan fingerprint density at radius 2 is 2.10 bits per heavy atom. The van der Waals surface area contributed by atoms with Gasteiger partial charge in [0.25, 0.3) is 0 Å².